The zero-order valence-corrected chi connectivity index (χ0v) is 13.6. The Hall–Kier alpha value is -1.10. The molecule has 1 saturated carbocycles. The Bertz CT molecular complexity index is 540. The molecule has 0 aromatic heterocycles. The Kier molecular flexibility index (Phi) is 4.44. The minimum atomic E-state index is -0.523. The maximum absolute atomic E-state index is 12.0. The van der Waals surface area contributed by atoms with Crippen molar-refractivity contribution >= 4 is 17.6 Å². The van der Waals surface area contributed by atoms with Gasteiger partial charge in [0, 0.05) is 11.4 Å². The lowest BCUT2D eigenvalue weighted by Gasteiger charge is -2.16. The molecular formula is C17H21ClO4. The van der Waals surface area contributed by atoms with E-state index in [0.717, 1.165) is 12.0 Å². The molecule has 3 atom stereocenters. The summed E-state index contributed by atoms with van der Waals surface area (Å²) in [5.74, 6) is -0.378. The van der Waals surface area contributed by atoms with E-state index in [4.69, 9.17) is 25.8 Å². The van der Waals surface area contributed by atoms with Gasteiger partial charge in [0.1, 0.15) is 0 Å². The number of rotatable bonds is 5. The van der Waals surface area contributed by atoms with Gasteiger partial charge in [-0.3, -0.25) is 4.79 Å². The second-order valence-electron chi connectivity index (χ2n) is 6.41. The lowest BCUT2D eigenvalue weighted by molar-refractivity contribution is -0.149. The summed E-state index contributed by atoms with van der Waals surface area (Å²) in [6, 6.07) is 7.67. The average Bonchev–Trinajstić information content (AvgIpc) is 3.19. The summed E-state index contributed by atoms with van der Waals surface area (Å²) < 4.78 is 16.5. The van der Waals surface area contributed by atoms with Crippen molar-refractivity contribution in [1.29, 1.82) is 0 Å². The Morgan fingerprint density at radius 1 is 1.36 bits per heavy atom. The molecular weight excluding hydrogens is 304 g/mol. The molecule has 0 N–H and O–H groups in total. The largest absolute Gasteiger partial charge is 0.465 e. The normalized spacial score (nSPS) is 29.3. The van der Waals surface area contributed by atoms with Crippen LogP contribution in [0.25, 0.3) is 0 Å². The predicted octanol–water partition coefficient (Wildman–Crippen LogP) is 3.53. The molecule has 0 amide bonds. The van der Waals surface area contributed by atoms with Gasteiger partial charge in [-0.1, -0.05) is 23.7 Å². The van der Waals surface area contributed by atoms with E-state index in [0.29, 0.717) is 24.7 Å². The SMILES string of the molecule is CC1(C)OCC(CCOC(=O)C2CC2c2ccc(Cl)cc2)O1. The molecule has 1 aliphatic heterocycles. The lowest BCUT2D eigenvalue weighted by Crippen LogP contribution is -2.22. The number of hydrogen-bond donors (Lipinski definition) is 0. The minimum Gasteiger partial charge on any atom is -0.465 e. The van der Waals surface area contributed by atoms with Crippen LogP contribution in [0.5, 0.6) is 0 Å². The van der Waals surface area contributed by atoms with Crippen molar-refractivity contribution in [3.63, 3.8) is 0 Å². The quantitative estimate of drug-likeness (QED) is 0.777. The van der Waals surface area contributed by atoms with E-state index in [2.05, 4.69) is 0 Å². The summed E-state index contributed by atoms with van der Waals surface area (Å²) in [6.07, 6.45) is 1.54. The molecule has 4 nitrogen and oxygen atoms in total. The number of benzene rings is 1. The van der Waals surface area contributed by atoms with Crippen molar-refractivity contribution in [2.75, 3.05) is 13.2 Å². The van der Waals surface area contributed by atoms with Crippen LogP contribution in [0.2, 0.25) is 5.02 Å². The first-order chi connectivity index (χ1) is 10.4. The number of esters is 1. The monoisotopic (exact) mass is 324 g/mol. The van der Waals surface area contributed by atoms with Crippen LogP contribution in [0.3, 0.4) is 0 Å². The van der Waals surface area contributed by atoms with E-state index in [1.165, 1.54) is 0 Å². The molecule has 1 heterocycles. The molecule has 3 unspecified atom stereocenters. The first-order valence-corrected chi connectivity index (χ1v) is 8.06. The van der Waals surface area contributed by atoms with E-state index in [-0.39, 0.29) is 23.9 Å². The predicted molar refractivity (Wildman–Crippen MR) is 82.8 cm³/mol. The molecule has 1 aromatic carbocycles. The molecule has 5 heteroatoms. The molecule has 1 aliphatic carbocycles. The maximum Gasteiger partial charge on any atom is 0.309 e. The standard InChI is InChI=1S/C17H21ClO4/c1-17(2)21-10-13(22-17)7-8-20-16(19)15-9-14(15)11-3-5-12(18)6-4-11/h3-6,13-15H,7-10H2,1-2H3. The van der Waals surface area contributed by atoms with Gasteiger partial charge in [-0.25, -0.2) is 0 Å². The number of halogens is 1. The highest BCUT2D eigenvalue weighted by Gasteiger charge is 2.45. The Morgan fingerprint density at radius 3 is 2.73 bits per heavy atom. The zero-order valence-electron chi connectivity index (χ0n) is 12.9. The smallest absolute Gasteiger partial charge is 0.309 e. The van der Waals surface area contributed by atoms with E-state index < -0.39 is 5.79 Å². The molecule has 1 saturated heterocycles. The van der Waals surface area contributed by atoms with Gasteiger partial charge < -0.3 is 14.2 Å². The second-order valence-corrected chi connectivity index (χ2v) is 6.84. The molecule has 2 aliphatic rings. The molecule has 0 radical (unpaired) electrons. The highest BCUT2D eigenvalue weighted by atomic mass is 35.5. The van der Waals surface area contributed by atoms with Crippen LogP contribution in [0.1, 0.15) is 38.2 Å². The first kappa shape index (κ1) is 15.8. The van der Waals surface area contributed by atoms with Gasteiger partial charge in [0.25, 0.3) is 0 Å². The molecule has 22 heavy (non-hydrogen) atoms. The van der Waals surface area contributed by atoms with Crippen molar-refractivity contribution in [1.82, 2.24) is 0 Å². The van der Waals surface area contributed by atoms with Gasteiger partial charge in [-0.05, 0) is 43.9 Å². The van der Waals surface area contributed by atoms with E-state index >= 15 is 0 Å². The van der Waals surface area contributed by atoms with Crippen LogP contribution in [0.15, 0.2) is 24.3 Å². The molecule has 3 rings (SSSR count). The first-order valence-electron chi connectivity index (χ1n) is 7.68. The van der Waals surface area contributed by atoms with Crippen LogP contribution in [0, 0.1) is 5.92 Å². The fourth-order valence-electron chi connectivity index (χ4n) is 2.84. The number of ether oxygens (including phenoxy) is 3. The third-order valence-electron chi connectivity index (χ3n) is 4.14. The van der Waals surface area contributed by atoms with Crippen molar-refractivity contribution in [2.45, 2.75) is 44.5 Å². The third kappa shape index (κ3) is 3.80. The molecule has 0 spiro atoms. The Labute approximate surface area is 135 Å². The van der Waals surface area contributed by atoms with Crippen LogP contribution in [-0.4, -0.2) is 31.1 Å². The van der Waals surface area contributed by atoms with Crippen LogP contribution in [-0.2, 0) is 19.0 Å². The van der Waals surface area contributed by atoms with Crippen LogP contribution in [0.4, 0.5) is 0 Å². The summed E-state index contributed by atoms with van der Waals surface area (Å²) in [5.41, 5.74) is 1.15. The highest BCUT2D eigenvalue weighted by Crippen LogP contribution is 2.48. The molecule has 120 valence electrons. The second kappa shape index (κ2) is 6.19. The van der Waals surface area contributed by atoms with E-state index in [1.54, 1.807) is 0 Å². The lowest BCUT2D eigenvalue weighted by atomic mass is 10.1. The molecule has 2 fully saturated rings. The zero-order chi connectivity index (χ0) is 15.7. The summed E-state index contributed by atoms with van der Waals surface area (Å²) in [7, 11) is 0. The van der Waals surface area contributed by atoms with Gasteiger partial charge in [0.2, 0.25) is 0 Å². The van der Waals surface area contributed by atoms with Crippen molar-refractivity contribution in [3.8, 4) is 0 Å². The van der Waals surface area contributed by atoms with E-state index in [9.17, 15) is 4.79 Å². The van der Waals surface area contributed by atoms with Gasteiger partial charge in [-0.15, -0.1) is 0 Å². The molecule has 0 bridgehead atoms. The van der Waals surface area contributed by atoms with Crippen LogP contribution >= 0.6 is 11.6 Å². The van der Waals surface area contributed by atoms with Gasteiger partial charge >= 0.3 is 5.97 Å². The van der Waals surface area contributed by atoms with Gasteiger partial charge in [-0.2, -0.15) is 0 Å². The summed E-state index contributed by atoms with van der Waals surface area (Å²) in [4.78, 5) is 12.0. The fourth-order valence-corrected chi connectivity index (χ4v) is 2.96. The van der Waals surface area contributed by atoms with E-state index in [1.807, 2.05) is 38.1 Å². The van der Waals surface area contributed by atoms with Gasteiger partial charge in [0.05, 0.1) is 25.2 Å². The van der Waals surface area contributed by atoms with Crippen LogP contribution < -0.4 is 0 Å². The highest BCUT2D eigenvalue weighted by molar-refractivity contribution is 6.30. The summed E-state index contributed by atoms with van der Waals surface area (Å²) >= 11 is 5.87. The summed E-state index contributed by atoms with van der Waals surface area (Å²) in [6.45, 7) is 4.72. The third-order valence-corrected chi connectivity index (χ3v) is 4.39. The molecule has 1 aromatic rings. The topological polar surface area (TPSA) is 44.8 Å². The minimum absolute atomic E-state index is 0.00839. The number of carbonyl (C=O) groups is 1. The Balaban J connectivity index is 1.40. The van der Waals surface area contributed by atoms with Crippen molar-refractivity contribution in [2.24, 2.45) is 5.92 Å². The average molecular weight is 325 g/mol. The summed E-state index contributed by atoms with van der Waals surface area (Å²) in [5, 5.41) is 0.713. The van der Waals surface area contributed by atoms with Crippen molar-refractivity contribution < 1.29 is 19.0 Å². The van der Waals surface area contributed by atoms with Crippen molar-refractivity contribution in [3.05, 3.63) is 34.9 Å². The fraction of sp³-hybridized carbons (Fsp3) is 0.588. The van der Waals surface area contributed by atoms with Gasteiger partial charge in [0.15, 0.2) is 5.79 Å². The number of carbonyl (C=O) groups excluding carboxylic acids is 1. The maximum atomic E-state index is 12.0. The number of hydrogen-bond acceptors (Lipinski definition) is 4. The Morgan fingerprint density at radius 2 is 2.09 bits per heavy atom.